The van der Waals surface area contributed by atoms with Crippen molar-refractivity contribution in [3.05, 3.63) is 50.7 Å². The van der Waals surface area contributed by atoms with Crippen molar-refractivity contribution in [2.45, 2.75) is 6.18 Å². The Labute approximate surface area is 112 Å². The van der Waals surface area contributed by atoms with Crippen LogP contribution in [0.25, 0.3) is 5.69 Å². The Balaban J connectivity index is 2.40. The summed E-state index contributed by atoms with van der Waals surface area (Å²) in [6, 6.07) is 5.02. The molecule has 0 N–H and O–H groups in total. The van der Waals surface area contributed by atoms with E-state index in [1.807, 2.05) is 0 Å². The minimum atomic E-state index is -4.56. The molecule has 0 unspecified atom stereocenters. The molecule has 2 rings (SSSR count). The summed E-state index contributed by atoms with van der Waals surface area (Å²) in [5.74, 6) is 0. The van der Waals surface area contributed by atoms with Gasteiger partial charge in [0, 0.05) is 18.3 Å². The van der Waals surface area contributed by atoms with Crippen LogP contribution in [0.2, 0.25) is 0 Å². The molecule has 9 heteroatoms. The topological polar surface area (TPSA) is 61.0 Å². The molecule has 1 heterocycles. The lowest BCUT2D eigenvalue weighted by atomic mass is 10.3. The van der Waals surface area contributed by atoms with Gasteiger partial charge in [-0.3, -0.25) is 10.1 Å². The van der Waals surface area contributed by atoms with Crippen LogP contribution in [0.4, 0.5) is 18.9 Å². The molecule has 0 fully saturated rings. The number of hydrogen-bond donors (Lipinski definition) is 0. The minimum absolute atomic E-state index is 0.147. The second-order valence-corrected chi connectivity index (χ2v) is 4.40. The van der Waals surface area contributed by atoms with E-state index in [1.165, 1.54) is 24.3 Å². The number of halogens is 4. The number of nitrogens with zero attached hydrogens (tertiary/aromatic N) is 3. The molecule has 1 aromatic heterocycles. The standard InChI is InChI=1S/C10H5BrF3N3O2/c11-8-5-16(15-9(8)10(12,13)14)6-1-3-7(4-2-6)17(18)19/h1-5H. The third kappa shape index (κ3) is 2.75. The first-order chi connectivity index (χ1) is 8.79. The molecule has 0 aliphatic heterocycles. The minimum Gasteiger partial charge on any atom is -0.258 e. The van der Waals surface area contributed by atoms with Gasteiger partial charge in [0.1, 0.15) is 0 Å². The molecule has 2 aromatic rings. The lowest BCUT2D eigenvalue weighted by Crippen LogP contribution is -2.07. The van der Waals surface area contributed by atoms with Gasteiger partial charge >= 0.3 is 6.18 Å². The van der Waals surface area contributed by atoms with Crippen molar-refractivity contribution in [3.8, 4) is 5.69 Å². The number of aromatic nitrogens is 2. The van der Waals surface area contributed by atoms with Crippen LogP contribution in [-0.4, -0.2) is 14.7 Å². The number of nitro groups is 1. The zero-order valence-corrected chi connectivity index (χ0v) is 10.6. The van der Waals surface area contributed by atoms with E-state index in [9.17, 15) is 23.3 Å². The monoisotopic (exact) mass is 335 g/mol. The third-order valence-electron chi connectivity index (χ3n) is 2.26. The summed E-state index contributed by atoms with van der Waals surface area (Å²) in [6.45, 7) is 0. The number of hydrogen-bond acceptors (Lipinski definition) is 3. The average Bonchev–Trinajstić information content (AvgIpc) is 2.71. The summed E-state index contributed by atoms with van der Waals surface area (Å²) >= 11 is 2.78. The molecule has 0 saturated carbocycles. The smallest absolute Gasteiger partial charge is 0.258 e. The molecule has 0 saturated heterocycles. The Morgan fingerprint density at radius 2 is 1.84 bits per heavy atom. The van der Waals surface area contributed by atoms with E-state index in [2.05, 4.69) is 21.0 Å². The fraction of sp³-hybridized carbons (Fsp3) is 0.100. The van der Waals surface area contributed by atoms with Gasteiger partial charge in [-0.25, -0.2) is 4.68 Å². The molecule has 19 heavy (non-hydrogen) atoms. The average molecular weight is 336 g/mol. The van der Waals surface area contributed by atoms with E-state index in [-0.39, 0.29) is 10.2 Å². The zero-order valence-electron chi connectivity index (χ0n) is 9.06. The molecule has 1 aromatic carbocycles. The Morgan fingerprint density at radius 3 is 2.26 bits per heavy atom. The van der Waals surface area contributed by atoms with E-state index >= 15 is 0 Å². The molecule has 0 aliphatic carbocycles. The summed E-state index contributed by atoms with van der Waals surface area (Å²) in [5, 5.41) is 13.9. The molecular weight excluding hydrogens is 331 g/mol. The maximum Gasteiger partial charge on any atom is 0.436 e. The fourth-order valence-electron chi connectivity index (χ4n) is 1.40. The SMILES string of the molecule is O=[N+]([O-])c1ccc(-n2cc(Br)c(C(F)(F)F)n2)cc1. The van der Waals surface area contributed by atoms with Gasteiger partial charge in [0.15, 0.2) is 5.69 Å². The number of rotatable bonds is 2. The third-order valence-corrected chi connectivity index (χ3v) is 2.84. The lowest BCUT2D eigenvalue weighted by Gasteiger charge is -2.02. The van der Waals surface area contributed by atoms with Crippen LogP contribution in [0.15, 0.2) is 34.9 Å². The van der Waals surface area contributed by atoms with Crippen LogP contribution in [-0.2, 0) is 6.18 Å². The predicted octanol–water partition coefficient (Wildman–Crippen LogP) is 3.56. The molecule has 0 aliphatic rings. The van der Waals surface area contributed by atoms with E-state index in [0.29, 0.717) is 5.69 Å². The molecule has 5 nitrogen and oxygen atoms in total. The van der Waals surface area contributed by atoms with Gasteiger partial charge in [-0.05, 0) is 28.1 Å². The van der Waals surface area contributed by atoms with E-state index in [4.69, 9.17) is 0 Å². The van der Waals surface area contributed by atoms with E-state index in [1.54, 1.807) is 0 Å². The maximum atomic E-state index is 12.6. The highest BCUT2D eigenvalue weighted by Gasteiger charge is 2.36. The molecule has 0 amide bonds. The number of benzene rings is 1. The van der Waals surface area contributed by atoms with Gasteiger partial charge in [0.05, 0.1) is 15.1 Å². The van der Waals surface area contributed by atoms with Gasteiger partial charge in [-0.15, -0.1) is 0 Å². The van der Waals surface area contributed by atoms with Crippen LogP contribution >= 0.6 is 15.9 Å². The Kier molecular flexibility index (Phi) is 3.31. The van der Waals surface area contributed by atoms with Crippen LogP contribution in [0.5, 0.6) is 0 Å². The second kappa shape index (κ2) is 4.65. The Morgan fingerprint density at radius 1 is 1.26 bits per heavy atom. The van der Waals surface area contributed by atoms with Gasteiger partial charge in [-0.2, -0.15) is 18.3 Å². The van der Waals surface area contributed by atoms with Crippen molar-refractivity contribution < 1.29 is 18.1 Å². The molecule has 0 radical (unpaired) electrons. The number of nitro benzene ring substituents is 1. The summed E-state index contributed by atoms with van der Waals surface area (Å²) in [7, 11) is 0. The first kappa shape index (κ1) is 13.5. The van der Waals surface area contributed by atoms with Gasteiger partial charge < -0.3 is 0 Å². The quantitative estimate of drug-likeness (QED) is 0.622. The highest BCUT2D eigenvalue weighted by atomic mass is 79.9. The van der Waals surface area contributed by atoms with Gasteiger partial charge in [0.2, 0.25) is 0 Å². The summed E-state index contributed by atoms with van der Waals surface area (Å²) in [4.78, 5) is 9.87. The van der Waals surface area contributed by atoms with Gasteiger partial charge in [-0.1, -0.05) is 0 Å². The molecular formula is C10H5BrF3N3O2. The molecule has 100 valence electrons. The highest BCUT2D eigenvalue weighted by Crippen LogP contribution is 2.34. The normalized spacial score (nSPS) is 11.6. The van der Waals surface area contributed by atoms with Gasteiger partial charge in [0.25, 0.3) is 5.69 Å². The number of non-ortho nitro benzene ring substituents is 1. The van der Waals surface area contributed by atoms with Crippen LogP contribution in [0.1, 0.15) is 5.69 Å². The predicted molar refractivity (Wildman–Crippen MR) is 62.9 cm³/mol. The van der Waals surface area contributed by atoms with Crippen LogP contribution < -0.4 is 0 Å². The molecule has 0 bridgehead atoms. The highest BCUT2D eigenvalue weighted by molar-refractivity contribution is 9.10. The Hall–Kier alpha value is -1.90. The van der Waals surface area contributed by atoms with Crippen molar-refractivity contribution in [1.82, 2.24) is 9.78 Å². The first-order valence-electron chi connectivity index (χ1n) is 4.86. The molecule has 0 atom stereocenters. The summed E-state index contributed by atoms with van der Waals surface area (Å²) < 4.78 is 38.5. The second-order valence-electron chi connectivity index (χ2n) is 3.54. The maximum absolute atomic E-state index is 12.6. The number of alkyl halides is 3. The van der Waals surface area contributed by atoms with E-state index < -0.39 is 16.8 Å². The molecule has 0 spiro atoms. The van der Waals surface area contributed by atoms with Crippen LogP contribution in [0, 0.1) is 10.1 Å². The van der Waals surface area contributed by atoms with Crippen molar-refractivity contribution in [2.24, 2.45) is 0 Å². The largest absolute Gasteiger partial charge is 0.436 e. The van der Waals surface area contributed by atoms with Crippen LogP contribution in [0.3, 0.4) is 0 Å². The van der Waals surface area contributed by atoms with Crippen molar-refractivity contribution >= 4 is 21.6 Å². The first-order valence-corrected chi connectivity index (χ1v) is 5.65. The van der Waals surface area contributed by atoms with E-state index in [0.717, 1.165) is 10.9 Å². The Bertz CT molecular complexity index is 622. The van der Waals surface area contributed by atoms with Crippen molar-refractivity contribution in [1.29, 1.82) is 0 Å². The van der Waals surface area contributed by atoms with Crippen molar-refractivity contribution in [2.75, 3.05) is 0 Å². The lowest BCUT2D eigenvalue weighted by molar-refractivity contribution is -0.384. The van der Waals surface area contributed by atoms with Crippen molar-refractivity contribution in [3.63, 3.8) is 0 Å². The summed E-state index contributed by atoms with van der Waals surface area (Å²) in [6.07, 6.45) is -3.42. The fourth-order valence-corrected chi connectivity index (χ4v) is 1.90. The summed E-state index contributed by atoms with van der Waals surface area (Å²) in [5.41, 5.74) is -0.904. The zero-order chi connectivity index (χ0) is 14.2.